The molecular formula is C14H13FO3. The Hall–Kier alpha value is -2.07. The van der Waals surface area contributed by atoms with Gasteiger partial charge in [0.2, 0.25) is 0 Å². The first-order valence-corrected chi connectivity index (χ1v) is 5.44. The van der Waals surface area contributed by atoms with Crippen molar-refractivity contribution < 1.29 is 19.0 Å². The molecule has 1 N–H and O–H groups in total. The Morgan fingerprint density at radius 1 is 1.06 bits per heavy atom. The summed E-state index contributed by atoms with van der Waals surface area (Å²) in [5.74, 6) is 0.719. The minimum Gasteiger partial charge on any atom is -0.497 e. The van der Waals surface area contributed by atoms with Crippen LogP contribution in [0.1, 0.15) is 5.56 Å². The van der Waals surface area contributed by atoms with E-state index in [0.29, 0.717) is 17.1 Å². The van der Waals surface area contributed by atoms with Crippen molar-refractivity contribution in [3.63, 3.8) is 0 Å². The lowest BCUT2D eigenvalue weighted by molar-refractivity contribution is 0.274. The Bertz CT molecular complexity index is 523. The molecular weight excluding hydrogens is 235 g/mol. The lowest BCUT2D eigenvalue weighted by atomic mass is 10.2. The predicted octanol–water partition coefficient (Wildman–Crippen LogP) is 3.12. The van der Waals surface area contributed by atoms with Crippen molar-refractivity contribution in [1.82, 2.24) is 0 Å². The molecule has 0 atom stereocenters. The van der Waals surface area contributed by atoms with E-state index < -0.39 is 5.82 Å². The Labute approximate surface area is 104 Å². The summed E-state index contributed by atoms with van der Waals surface area (Å²) < 4.78 is 24.1. The lowest BCUT2D eigenvalue weighted by Gasteiger charge is -2.10. The first kappa shape index (κ1) is 12.4. The van der Waals surface area contributed by atoms with E-state index in [0.717, 1.165) is 0 Å². The van der Waals surface area contributed by atoms with Gasteiger partial charge in [0.25, 0.3) is 0 Å². The molecule has 0 aliphatic heterocycles. The molecule has 0 amide bonds. The van der Waals surface area contributed by atoms with E-state index >= 15 is 0 Å². The van der Waals surface area contributed by atoms with Gasteiger partial charge in [-0.05, 0) is 30.3 Å². The molecule has 94 valence electrons. The van der Waals surface area contributed by atoms with E-state index in [9.17, 15) is 4.39 Å². The van der Waals surface area contributed by atoms with Gasteiger partial charge in [0, 0.05) is 5.56 Å². The van der Waals surface area contributed by atoms with Crippen LogP contribution < -0.4 is 9.47 Å². The third kappa shape index (κ3) is 2.60. The van der Waals surface area contributed by atoms with Crippen LogP contribution >= 0.6 is 0 Å². The molecule has 0 bridgehead atoms. The molecule has 4 heteroatoms. The molecule has 0 radical (unpaired) electrons. The summed E-state index contributed by atoms with van der Waals surface area (Å²) in [5.41, 5.74) is 0.408. The van der Waals surface area contributed by atoms with Gasteiger partial charge in [0.1, 0.15) is 11.5 Å². The molecule has 3 nitrogen and oxygen atoms in total. The van der Waals surface area contributed by atoms with Crippen molar-refractivity contribution >= 4 is 0 Å². The van der Waals surface area contributed by atoms with E-state index in [4.69, 9.17) is 14.6 Å². The second kappa shape index (κ2) is 5.51. The molecule has 0 saturated heterocycles. The van der Waals surface area contributed by atoms with E-state index in [-0.39, 0.29) is 12.4 Å². The maximum absolute atomic E-state index is 13.6. The Balaban J connectivity index is 2.27. The highest BCUT2D eigenvalue weighted by molar-refractivity contribution is 5.40. The third-order valence-electron chi connectivity index (χ3n) is 2.50. The molecule has 0 aliphatic carbocycles. The van der Waals surface area contributed by atoms with Crippen LogP contribution in [0.2, 0.25) is 0 Å². The zero-order chi connectivity index (χ0) is 13.0. The number of benzene rings is 2. The number of rotatable bonds is 4. The number of aliphatic hydroxyl groups is 1. The first-order chi connectivity index (χ1) is 8.74. The maximum atomic E-state index is 13.6. The maximum Gasteiger partial charge on any atom is 0.168 e. The standard InChI is InChI=1S/C14H13FO3/c1-17-11-5-7-12(8-6-11)18-14-10(9-16)3-2-4-13(14)15/h2-8,16H,9H2,1H3. The van der Waals surface area contributed by atoms with Crippen LogP contribution in [0.5, 0.6) is 17.2 Å². The van der Waals surface area contributed by atoms with Crippen LogP contribution in [0.25, 0.3) is 0 Å². The number of ether oxygens (including phenoxy) is 2. The second-order valence-corrected chi connectivity index (χ2v) is 3.66. The Kier molecular flexibility index (Phi) is 3.79. The number of methoxy groups -OCH3 is 1. The van der Waals surface area contributed by atoms with Crippen molar-refractivity contribution in [3.05, 3.63) is 53.8 Å². The van der Waals surface area contributed by atoms with Crippen molar-refractivity contribution in [3.8, 4) is 17.2 Å². The third-order valence-corrected chi connectivity index (χ3v) is 2.50. The number of halogens is 1. The Morgan fingerprint density at radius 2 is 1.72 bits per heavy atom. The minimum absolute atomic E-state index is 0.0465. The fraction of sp³-hybridized carbons (Fsp3) is 0.143. The molecule has 0 unspecified atom stereocenters. The van der Waals surface area contributed by atoms with Crippen molar-refractivity contribution in [2.75, 3.05) is 7.11 Å². The van der Waals surface area contributed by atoms with Gasteiger partial charge in [-0.25, -0.2) is 4.39 Å². The average Bonchev–Trinajstić information content (AvgIpc) is 2.42. The monoisotopic (exact) mass is 248 g/mol. The molecule has 2 aromatic rings. The van der Waals surface area contributed by atoms with Crippen LogP contribution in [0, 0.1) is 5.82 Å². The van der Waals surface area contributed by atoms with Crippen molar-refractivity contribution in [2.24, 2.45) is 0 Å². The van der Waals surface area contributed by atoms with Gasteiger partial charge in [-0.2, -0.15) is 0 Å². The topological polar surface area (TPSA) is 38.7 Å². The van der Waals surface area contributed by atoms with Gasteiger partial charge in [-0.15, -0.1) is 0 Å². The summed E-state index contributed by atoms with van der Waals surface area (Å²) >= 11 is 0. The molecule has 0 aliphatic rings. The molecule has 0 aromatic heterocycles. The van der Waals surface area contributed by atoms with Gasteiger partial charge < -0.3 is 14.6 Å². The summed E-state index contributed by atoms with van der Waals surface area (Å²) in [6.07, 6.45) is 0. The SMILES string of the molecule is COc1ccc(Oc2c(F)cccc2CO)cc1. The summed E-state index contributed by atoms with van der Waals surface area (Å²) in [4.78, 5) is 0. The second-order valence-electron chi connectivity index (χ2n) is 3.66. The number of hydrogen-bond donors (Lipinski definition) is 1. The molecule has 0 saturated carbocycles. The number of aliphatic hydroxyl groups excluding tert-OH is 1. The van der Waals surface area contributed by atoms with E-state index in [1.54, 1.807) is 37.4 Å². The lowest BCUT2D eigenvalue weighted by Crippen LogP contribution is -1.95. The van der Waals surface area contributed by atoms with Gasteiger partial charge >= 0.3 is 0 Å². The van der Waals surface area contributed by atoms with Crippen LogP contribution in [-0.4, -0.2) is 12.2 Å². The minimum atomic E-state index is -0.502. The molecule has 2 rings (SSSR count). The van der Waals surface area contributed by atoms with Crippen LogP contribution in [0.15, 0.2) is 42.5 Å². The molecule has 0 heterocycles. The molecule has 0 fully saturated rings. The largest absolute Gasteiger partial charge is 0.497 e. The van der Waals surface area contributed by atoms with Crippen molar-refractivity contribution in [2.45, 2.75) is 6.61 Å². The summed E-state index contributed by atoms with van der Waals surface area (Å²) in [5, 5.41) is 9.14. The zero-order valence-electron chi connectivity index (χ0n) is 9.89. The Morgan fingerprint density at radius 3 is 2.33 bits per heavy atom. The zero-order valence-corrected chi connectivity index (χ0v) is 9.89. The highest BCUT2D eigenvalue weighted by Crippen LogP contribution is 2.29. The van der Waals surface area contributed by atoms with Gasteiger partial charge in [0.05, 0.1) is 13.7 Å². The highest BCUT2D eigenvalue weighted by atomic mass is 19.1. The fourth-order valence-electron chi connectivity index (χ4n) is 1.55. The van der Waals surface area contributed by atoms with Crippen LogP contribution in [0.4, 0.5) is 4.39 Å². The summed E-state index contributed by atoms with van der Waals surface area (Å²) in [7, 11) is 1.57. The van der Waals surface area contributed by atoms with Gasteiger partial charge in [-0.3, -0.25) is 0 Å². The smallest absolute Gasteiger partial charge is 0.168 e. The van der Waals surface area contributed by atoms with Gasteiger partial charge in [0.15, 0.2) is 11.6 Å². The fourth-order valence-corrected chi connectivity index (χ4v) is 1.55. The predicted molar refractivity (Wildman–Crippen MR) is 65.4 cm³/mol. The quantitative estimate of drug-likeness (QED) is 0.903. The summed E-state index contributed by atoms with van der Waals surface area (Å²) in [6.45, 7) is -0.275. The number of para-hydroxylation sites is 1. The molecule has 2 aromatic carbocycles. The first-order valence-electron chi connectivity index (χ1n) is 5.44. The van der Waals surface area contributed by atoms with Gasteiger partial charge in [-0.1, -0.05) is 12.1 Å². The number of hydrogen-bond acceptors (Lipinski definition) is 3. The molecule has 18 heavy (non-hydrogen) atoms. The van der Waals surface area contributed by atoms with E-state index in [1.165, 1.54) is 12.1 Å². The normalized spacial score (nSPS) is 10.2. The highest BCUT2D eigenvalue weighted by Gasteiger charge is 2.10. The van der Waals surface area contributed by atoms with E-state index in [1.807, 2.05) is 0 Å². The van der Waals surface area contributed by atoms with Crippen LogP contribution in [-0.2, 0) is 6.61 Å². The average molecular weight is 248 g/mol. The van der Waals surface area contributed by atoms with Crippen molar-refractivity contribution in [1.29, 1.82) is 0 Å². The van der Waals surface area contributed by atoms with E-state index in [2.05, 4.69) is 0 Å². The van der Waals surface area contributed by atoms with Crippen LogP contribution in [0.3, 0.4) is 0 Å². The molecule has 0 spiro atoms. The summed E-state index contributed by atoms with van der Waals surface area (Å²) in [6, 6.07) is 11.2.